The molecule has 0 radical (unpaired) electrons. The molecule has 112 valence electrons. The van der Waals surface area contributed by atoms with Gasteiger partial charge in [-0.05, 0) is 37.1 Å². The first kappa shape index (κ1) is 13.9. The SMILES string of the molecule is O=C1CCN(C2CC2)C(=O)N1c1ccc(C(F)(F)F)cc1. The summed E-state index contributed by atoms with van der Waals surface area (Å²) in [6, 6.07) is 3.82. The highest BCUT2D eigenvalue weighted by Gasteiger charge is 2.41. The van der Waals surface area contributed by atoms with E-state index in [-0.39, 0.29) is 24.1 Å². The third-order valence-electron chi connectivity index (χ3n) is 3.69. The van der Waals surface area contributed by atoms with Gasteiger partial charge < -0.3 is 4.90 Å². The molecule has 1 aromatic rings. The molecule has 0 unspecified atom stereocenters. The van der Waals surface area contributed by atoms with Crippen LogP contribution in [-0.4, -0.2) is 29.4 Å². The van der Waals surface area contributed by atoms with Crippen molar-refractivity contribution in [1.82, 2.24) is 4.90 Å². The number of amides is 3. The summed E-state index contributed by atoms with van der Waals surface area (Å²) in [5.74, 6) is -0.378. The highest BCUT2D eigenvalue weighted by molar-refractivity contribution is 6.15. The molecular weight excluding hydrogens is 285 g/mol. The number of halogens is 3. The topological polar surface area (TPSA) is 40.6 Å². The third kappa shape index (κ3) is 2.59. The monoisotopic (exact) mass is 298 g/mol. The van der Waals surface area contributed by atoms with Gasteiger partial charge in [0.2, 0.25) is 5.91 Å². The highest BCUT2D eigenvalue weighted by atomic mass is 19.4. The van der Waals surface area contributed by atoms with Crippen LogP contribution in [0.25, 0.3) is 0 Å². The minimum absolute atomic E-state index is 0.169. The molecule has 1 aliphatic heterocycles. The average molecular weight is 298 g/mol. The number of benzene rings is 1. The fourth-order valence-electron chi connectivity index (χ4n) is 2.44. The molecule has 7 heteroatoms. The van der Waals surface area contributed by atoms with Gasteiger partial charge in [-0.3, -0.25) is 4.79 Å². The van der Waals surface area contributed by atoms with E-state index in [9.17, 15) is 22.8 Å². The normalized spacial score (nSPS) is 20.1. The predicted molar refractivity (Wildman–Crippen MR) is 68.7 cm³/mol. The van der Waals surface area contributed by atoms with Crippen LogP contribution in [0, 0.1) is 0 Å². The second-order valence-electron chi connectivity index (χ2n) is 5.23. The molecule has 1 aliphatic carbocycles. The van der Waals surface area contributed by atoms with Crippen LogP contribution < -0.4 is 4.90 Å². The quantitative estimate of drug-likeness (QED) is 0.842. The van der Waals surface area contributed by atoms with Crippen LogP contribution in [0.15, 0.2) is 24.3 Å². The van der Waals surface area contributed by atoms with Gasteiger partial charge in [-0.2, -0.15) is 13.2 Å². The van der Waals surface area contributed by atoms with Crippen LogP contribution >= 0.6 is 0 Å². The Balaban J connectivity index is 1.86. The Labute approximate surface area is 119 Å². The second-order valence-corrected chi connectivity index (χ2v) is 5.23. The summed E-state index contributed by atoms with van der Waals surface area (Å²) in [4.78, 5) is 26.8. The van der Waals surface area contributed by atoms with Crippen LogP contribution in [0.2, 0.25) is 0 Å². The first-order valence-electron chi connectivity index (χ1n) is 6.69. The van der Waals surface area contributed by atoms with Crippen molar-refractivity contribution >= 4 is 17.6 Å². The summed E-state index contributed by atoms with van der Waals surface area (Å²) < 4.78 is 37.6. The fraction of sp³-hybridized carbons (Fsp3) is 0.429. The molecular formula is C14H13F3N2O2. The lowest BCUT2D eigenvalue weighted by Crippen LogP contribution is -2.53. The molecule has 4 nitrogen and oxygen atoms in total. The van der Waals surface area contributed by atoms with E-state index in [2.05, 4.69) is 0 Å². The maximum Gasteiger partial charge on any atom is 0.416 e. The molecule has 2 aliphatic rings. The van der Waals surface area contributed by atoms with Gasteiger partial charge in [0.05, 0.1) is 11.3 Å². The smallest absolute Gasteiger partial charge is 0.320 e. The van der Waals surface area contributed by atoms with Crippen LogP contribution in [0.4, 0.5) is 23.7 Å². The van der Waals surface area contributed by atoms with Gasteiger partial charge >= 0.3 is 12.2 Å². The second kappa shape index (κ2) is 4.75. The molecule has 0 bridgehead atoms. The number of nitrogens with zero attached hydrogens (tertiary/aromatic N) is 2. The first-order valence-corrected chi connectivity index (χ1v) is 6.69. The van der Waals surface area contributed by atoms with E-state index in [0.29, 0.717) is 6.54 Å². The number of hydrogen-bond acceptors (Lipinski definition) is 2. The Morgan fingerprint density at radius 2 is 1.67 bits per heavy atom. The Kier molecular flexibility index (Phi) is 3.15. The van der Waals surface area contributed by atoms with Crippen molar-refractivity contribution < 1.29 is 22.8 Å². The van der Waals surface area contributed by atoms with Crippen molar-refractivity contribution in [3.63, 3.8) is 0 Å². The summed E-state index contributed by atoms with van der Waals surface area (Å²) in [5, 5.41) is 0. The zero-order chi connectivity index (χ0) is 15.2. The van der Waals surface area contributed by atoms with E-state index in [1.807, 2.05) is 0 Å². The first-order chi connectivity index (χ1) is 9.88. The fourth-order valence-corrected chi connectivity index (χ4v) is 2.44. The highest BCUT2D eigenvalue weighted by Crippen LogP contribution is 2.33. The molecule has 0 spiro atoms. The van der Waals surface area contributed by atoms with Crippen molar-refractivity contribution in [2.24, 2.45) is 0 Å². The lowest BCUT2D eigenvalue weighted by Gasteiger charge is -2.34. The number of carbonyl (C=O) groups excluding carboxylic acids is 2. The summed E-state index contributed by atoms with van der Waals surface area (Å²) in [6.07, 6.45) is -2.40. The van der Waals surface area contributed by atoms with Crippen LogP contribution in [0.3, 0.4) is 0 Å². The Bertz CT molecular complexity index is 579. The molecule has 0 aromatic heterocycles. The minimum atomic E-state index is -4.44. The number of alkyl halides is 3. The third-order valence-corrected chi connectivity index (χ3v) is 3.69. The lowest BCUT2D eigenvalue weighted by atomic mass is 10.1. The molecule has 1 saturated heterocycles. The lowest BCUT2D eigenvalue weighted by molar-refractivity contribution is -0.137. The van der Waals surface area contributed by atoms with E-state index in [1.54, 1.807) is 4.90 Å². The molecule has 3 rings (SSSR count). The molecule has 2 fully saturated rings. The van der Waals surface area contributed by atoms with Crippen LogP contribution in [-0.2, 0) is 11.0 Å². The van der Waals surface area contributed by atoms with E-state index in [4.69, 9.17) is 0 Å². The maximum absolute atomic E-state index is 12.5. The van der Waals surface area contributed by atoms with E-state index in [1.165, 1.54) is 0 Å². The molecule has 1 heterocycles. The molecule has 3 amide bonds. The zero-order valence-corrected chi connectivity index (χ0v) is 11.1. The maximum atomic E-state index is 12.5. The Morgan fingerprint density at radius 1 is 1.05 bits per heavy atom. The number of imide groups is 1. The van der Waals surface area contributed by atoms with Crippen LogP contribution in [0.5, 0.6) is 0 Å². The van der Waals surface area contributed by atoms with Gasteiger partial charge in [-0.15, -0.1) is 0 Å². The average Bonchev–Trinajstić information content (AvgIpc) is 3.23. The van der Waals surface area contributed by atoms with E-state index >= 15 is 0 Å². The molecule has 21 heavy (non-hydrogen) atoms. The predicted octanol–water partition coefficient (Wildman–Crippen LogP) is 3.03. The van der Waals surface area contributed by atoms with Crippen LogP contribution in [0.1, 0.15) is 24.8 Å². The largest absolute Gasteiger partial charge is 0.416 e. The number of rotatable bonds is 2. The zero-order valence-electron chi connectivity index (χ0n) is 11.1. The minimum Gasteiger partial charge on any atom is -0.320 e. The molecule has 0 atom stereocenters. The van der Waals surface area contributed by atoms with Crippen molar-refractivity contribution in [2.75, 3.05) is 11.4 Å². The standard InChI is InChI=1S/C14H13F3N2O2/c15-14(16,17)9-1-3-11(4-2-9)19-12(20)7-8-18(13(19)21)10-5-6-10/h1-4,10H,5-8H2. The molecule has 1 saturated carbocycles. The van der Waals surface area contributed by atoms with Gasteiger partial charge in [0, 0.05) is 19.0 Å². The Hall–Kier alpha value is -2.05. The van der Waals surface area contributed by atoms with Gasteiger partial charge in [-0.25, -0.2) is 9.69 Å². The summed E-state index contributed by atoms with van der Waals surface area (Å²) in [5.41, 5.74) is -0.620. The summed E-state index contributed by atoms with van der Waals surface area (Å²) in [7, 11) is 0. The number of hydrogen-bond donors (Lipinski definition) is 0. The Morgan fingerprint density at radius 3 is 2.19 bits per heavy atom. The van der Waals surface area contributed by atoms with Gasteiger partial charge in [0.25, 0.3) is 0 Å². The van der Waals surface area contributed by atoms with Crippen molar-refractivity contribution in [3.8, 4) is 0 Å². The number of carbonyl (C=O) groups is 2. The number of urea groups is 1. The van der Waals surface area contributed by atoms with Crippen molar-refractivity contribution in [3.05, 3.63) is 29.8 Å². The van der Waals surface area contributed by atoms with Gasteiger partial charge in [0.15, 0.2) is 0 Å². The summed E-state index contributed by atoms with van der Waals surface area (Å²) in [6.45, 7) is 0.388. The molecule has 1 aromatic carbocycles. The van der Waals surface area contributed by atoms with E-state index < -0.39 is 17.8 Å². The summed E-state index contributed by atoms with van der Waals surface area (Å²) >= 11 is 0. The van der Waals surface area contributed by atoms with Gasteiger partial charge in [0.1, 0.15) is 0 Å². The van der Waals surface area contributed by atoms with E-state index in [0.717, 1.165) is 42.0 Å². The number of anilines is 1. The van der Waals surface area contributed by atoms with Gasteiger partial charge in [-0.1, -0.05) is 0 Å². The van der Waals surface area contributed by atoms with Crippen molar-refractivity contribution in [1.29, 1.82) is 0 Å². The van der Waals surface area contributed by atoms with Crippen molar-refractivity contribution in [2.45, 2.75) is 31.5 Å². The molecule has 0 N–H and O–H groups in total.